The number of allylic oxidation sites excluding steroid dienone is 17. The number of hydrogen-bond donors (Lipinski definition) is 3. The normalized spacial score (nSPS) is 17.0. The monoisotopic (exact) mass is 788 g/mol. The van der Waals surface area contributed by atoms with Gasteiger partial charge in [0.25, 0.3) is 0 Å². The molecule has 9 heteroatoms. The highest BCUT2D eigenvalue weighted by Gasteiger charge is 2.31. The van der Waals surface area contributed by atoms with Gasteiger partial charge < -0.3 is 14.7 Å². The molecule has 0 amide bonds. The fourth-order valence-electron chi connectivity index (χ4n) is 5.85. The Morgan fingerprint density at radius 1 is 0.463 bits per heavy atom. The minimum absolute atomic E-state index is 0.272. The van der Waals surface area contributed by atoms with Crippen LogP contribution in [0.3, 0.4) is 0 Å². The number of rotatable bonds is 29. The van der Waals surface area contributed by atoms with Gasteiger partial charge in [-0.2, -0.15) is 4.31 Å². The molecule has 1 saturated carbocycles. The minimum Gasteiger partial charge on any atom is -0.302 e. The summed E-state index contributed by atoms with van der Waals surface area (Å²) >= 11 is 0. The van der Waals surface area contributed by atoms with Crippen molar-refractivity contribution in [2.24, 2.45) is 0 Å². The van der Waals surface area contributed by atoms with Crippen molar-refractivity contribution in [1.82, 2.24) is 0 Å². The first-order chi connectivity index (χ1) is 25.4. The van der Waals surface area contributed by atoms with Gasteiger partial charge in [-0.3, -0.25) is 4.52 Å². The Labute approximate surface area is 329 Å². The van der Waals surface area contributed by atoms with Gasteiger partial charge in [0.1, 0.15) is 0 Å². The molecule has 0 heterocycles. The molecule has 54 heavy (non-hydrogen) atoms. The zero-order valence-corrected chi connectivity index (χ0v) is 36.8. The van der Waals surface area contributed by atoms with E-state index in [2.05, 4.69) is 106 Å². The fraction of sp³-hybridized carbons (Fsp3) is 0.600. The predicted octanol–water partition coefficient (Wildman–Crippen LogP) is 14.7. The largest absolute Gasteiger partial charge is 0.481 e. The summed E-state index contributed by atoms with van der Waals surface area (Å²) in [5, 5.41) is 0. The summed E-state index contributed by atoms with van der Waals surface area (Å²) in [6.07, 6.45) is 40.7. The first-order valence-corrected chi connectivity index (χ1v) is 23.1. The second-order valence-corrected chi connectivity index (χ2v) is 18.2. The summed E-state index contributed by atoms with van der Waals surface area (Å²) < 4.78 is 30.6. The third-order valence-corrected chi connectivity index (χ3v) is 11.8. The molecule has 0 aromatic rings. The second-order valence-electron chi connectivity index (χ2n) is 15.4. The van der Waals surface area contributed by atoms with Crippen LogP contribution in [-0.2, 0) is 18.0 Å². The van der Waals surface area contributed by atoms with Crippen LogP contribution in [0.1, 0.15) is 171 Å². The number of phosphoric acid groups is 2. The lowest BCUT2D eigenvalue weighted by molar-refractivity contribution is 0.191. The highest BCUT2D eigenvalue weighted by atomic mass is 31.3. The average Bonchev–Trinajstić information content (AvgIpc) is 3.88. The van der Waals surface area contributed by atoms with Crippen molar-refractivity contribution >= 4 is 15.6 Å². The highest BCUT2D eigenvalue weighted by molar-refractivity contribution is 7.60. The van der Waals surface area contributed by atoms with E-state index in [1.54, 1.807) is 11.6 Å². The van der Waals surface area contributed by atoms with Gasteiger partial charge in [-0.05, 0) is 171 Å². The molecule has 0 bridgehead atoms. The van der Waals surface area contributed by atoms with E-state index < -0.39 is 15.6 Å². The van der Waals surface area contributed by atoms with Crippen LogP contribution in [0.2, 0.25) is 0 Å². The van der Waals surface area contributed by atoms with Gasteiger partial charge in [-0.1, -0.05) is 105 Å². The summed E-state index contributed by atoms with van der Waals surface area (Å²) in [5.74, 6) is 0. The van der Waals surface area contributed by atoms with Gasteiger partial charge >= 0.3 is 15.6 Å². The molecule has 0 spiro atoms. The molecule has 0 aromatic heterocycles. The Balaban J connectivity index is 2.21. The molecule has 306 valence electrons. The molecule has 1 aliphatic carbocycles. The van der Waals surface area contributed by atoms with Crippen molar-refractivity contribution < 1.29 is 32.6 Å². The summed E-state index contributed by atoms with van der Waals surface area (Å²) in [6, 6.07) is 0. The van der Waals surface area contributed by atoms with Gasteiger partial charge in [0.05, 0.1) is 6.61 Å². The molecule has 1 aliphatic rings. The Morgan fingerprint density at radius 2 is 0.722 bits per heavy atom. The van der Waals surface area contributed by atoms with Crippen LogP contribution in [0.25, 0.3) is 0 Å². The predicted molar refractivity (Wildman–Crippen MR) is 230 cm³/mol. The smallest absolute Gasteiger partial charge is 0.302 e. The second kappa shape index (κ2) is 28.3. The maximum absolute atomic E-state index is 11.5. The number of hydrogen-bond acceptors (Lipinski definition) is 4. The molecule has 1 fully saturated rings. The number of phosphoric ester groups is 1. The molecule has 1 atom stereocenters. The minimum atomic E-state index is -5.10. The van der Waals surface area contributed by atoms with Crippen molar-refractivity contribution in [3.63, 3.8) is 0 Å². The molecule has 0 saturated heterocycles. The van der Waals surface area contributed by atoms with Crippen molar-refractivity contribution in [3.05, 3.63) is 105 Å². The Hall–Kier alpha value is -2.08. The van der Waals surface area contributed by atoms with E-state index in [9.17, 15) is 14.0 Å². The Kier molecular flexibility index (Phi) is 26.2. The molecule has 0 aliphatic heterocycles. The SMILES string of the molecule is C/C(=C\CC/C(C)=C/CC/C(C)=C/CC/C(C)=C/CC/C(C)=C/CC/C(C)=C/CC/C(C)=C/CC/C(C)=C/COP(=O)(O)OP(=O)(O)O)CCC=C1CC1. The van der Waals surface area contributed by atoms with Crippen LogP contribution in [0.15, 0.2) is 105 Å². The van der Waals surface area contributed by atoms with Crippen LogP contribution in [0.4, 0.5) is 0 Å². The van der Waals surface area contributed by atoms with Crippen molar-refractivity contribution in [1.29, 1.82) is 0 Å². The van der Waals surface area contributed by atoms with Crippen LogP contribution < -0.4 is 0 Å². The summed E-state index contributed by atoms with van der Waals surface area (Å²) in [5.41, 5.74) is 12.9. The van der Waals surface area contributed by atoms with E-state index in [1.807, 2.05) is 6.92 Å². The van der Waals surface area contributed by atoms with E-state index in [-0.39, 0.29) is 6.61 Å². The molecule has 0 radical (unpaired) electrons. The third-order valence-electron chi connectivity index (χ3n) is 9.61. The molecular formula is C45H74O7P2. The maximum atomic E-state index is 11.5. The van der Waals surface area contributed by atoms with Crippen LogP contribution >= 0.6 is 15.6 Å². The van der Waals surface area contributed by atoms with E-state index in [0.717, 1.165) is 89.0 Å². The lowest BCUT2D eigenvalue weighted by Gasteiger charge is -2.11. The van der Waals surface area contributed by atoms with Crippen LogP contribution in [0, 0.1) is 0 Å². The van der Waals surface area contributed by atoms with Crippen LogP contribution in [-0.4, -0.2) is 21.3 Å². The highest BCUT2D eigenvalue weighted by Crippen LogP contribution is 2.57. The van der Waals surface area contributed by atoms with Gasteiger partial charge in [0, 0.05) is 0 Å². The van der Waals surface area contributed by atoms with E-state index in [4.69, 9.17) is 9.79 Å². The van der Waals surface area contributed by atoms with Gasteiger partial charge in [-0.15, -0.1) is 0 Å². The molecule has 7 nitrogen and oxygen atoms in total. The van der Waals surface area contributed by atoms with Crippen molar-refractivity contribution in [3.8, 4) is 0 Å². The average molecular weight is 789 g/mol. The summed E-state index contributed by atoms with van der Waals surface area (Å²) in [4.78, 5) is 26.6. The van der Waals surface area contributed by atoms with Gasteiger partial charge in [0.2, 0.25) is 0 Å². The van der Waals surface area contributed by atoms with E-state index >= 15 is 0 Å². The van der Waals surface area contributed by atoms with Gasteiger partial charge in [0.15, 0.2) is 0 Å². The lowest BCUT2D eigenvalue weighted by Crippen LogP contribution is -1.94. The first-order valence-electron chi connectivity index (χ1n) is 20.1. The first kappa shape index (κ1) is 49.9. The summed E-state index contributed by atoms with van der Waals surface area (Å²) in [6.45, 7) is 17.3. The molecular weight excluding hydrogens is 714 g/mol. The quantitative estimate of drug-likeness (QED) is 0.0511. The molecule has 3 N–H and O–H groups in total. The van der Waals surface area contributed by atoms with Gasteiger partial charge in [-0.25, -0.2) is 9.13 Å². The topological polar surface area (TPSA) is 113 Å². The summed E-state index contributed by atoms with van der Waals surface area (Å²) in [7, 11) is -9.91. The third kappa shape index (κ3) is 31.2. The fourth-order valence-corrected chi connectivity index (χ4v) is 7.38. The van der Waals surface area contributed by atoms with E-state index in [0.29, 0.717) is 0 Å². The zero-order valence-electron chi connectivity index (χ0n) is 35.0. The van der Waals surface area contributed by atoms with Crippen molar-refractivity contribution in [2.75, 3.05) is 6.61 Å². The van der Waals surface area contributed by atoms with Crippen molar-refractivity contribution in [2.45, 2.75) is 171 Å². The zero-order chi connectivity index (χ0) is 40.4. The maximum Gasteiger partial charge on any atom is 0.481 e. The standard InChI is InChI=1S/C45H74O7P2/c1-37(19-10-20-39(3)23-12-24-41(5)27-14-28-43(7)31-16-32-45-33-34-45)17-9-18-38(2)21-11-22-40(4)25-13-26-42(6)29-15-30-44(8)35-36-51-54(49,50)52-53(46,47)48/h17,20-21,24-25,28-29,32,35H,9-16,18-19,22-23,26-27,30-31,33-34,36H2,1-8H3,(H,49,50)(H2,46,47,48)/b37-17+,38-21+,39-20+,40-25+,41-24+,42-29+,43-28+,44-35+. The lowest BCUT2D eigenvalue weighted by atomic mass is 10.0. The molecule has 1 rings (SSSR count). The molecule has 0 aromatic carbocycles. The van der Waals surface area contributed by atoms with E-state index in [1.165, 1.54) is 71.1 Å². The Bertz CT molecular complexity index is 1510. The Morgan fingerprint density at radius 3 is 0.981 bits per heavy atom. The van der Waals surface area contributed by atoms with Crippen LogP contribution in [0.5, 0.6) is 0 Å². The molecule has 1 unspecified atom stereocenters.